The zero-order chi connectivity index (χ0) is 14.5. The van der Waals surface area contributed by atoms with Crippen LogP contribution in [0.25, 0.3) is 0 Å². The van der Waals surface area contributed by atoms with Gasteiger partial charge in [-0.2, -0.15) is 5.10 Å². The van der Waals surface area contributed by atoms with Crippen LogP contribution in [0.1, 0.15) is 5.56 Å². The maximum Gasteiger partial charge on any atom is 0.282 e. The molecule has 7 heteroatoms. The van der Waals surface area contributed by atoms with E-state index in [2.05, 4.69) is 26.0 Å². The van der Waals surface area contributed by atoms with E-state index in [9.17, 15) is 9.90 Å². The van der Waals surface area contributed by atoms with E-state index in [-0.39, 0.29) is 12.2 Å². The molecule has 0 atom stereocenters. The maximum absolute atomic E-state index is 11.9. The Bertz CT molecular complexity index is 630. The molecule has 0 aliphatic rings. The van der Waals surface area contributed by atoms with Gasteiger partial charge in [0.1, 0.15) is 4.47 Å². The van der Waals surface area contributed by atoms with E-state index in [4.69, 9.17) is 0 Å². The van der Waals surface area contributed by atoms with E-state index < -0.39 is 0 Å². The maximum atomic E-state index is 11.9. The van der Waals surface area contributed by atoms with Gasteiger partial charge in [0.2, 0.25) is 0 Å². The van der Waals surface area contributed by atoms with E-state index >= 15 is 0 Å². The molecule has 0 fully saturated rings. The van der Waals surface area contributed by atoms with Crippen molar-refractivity contribution in [1.82, 2.24) is 14.8 Å². The van der Waals surface area contributed by atoms with Crippen molar-refractivity contribution in [3.05, 3.63) is 51.1 Å². The Hall–Kier alpha value is -1.73. The lowest BCUT2D eigenvalue weighted by Gasteiger charge is -2.24. The average Bonchev–Trinajstić information content (AvgIpc) is 2.46. The molecule has 0 aliphatic carbocycles. The first-order chi connectivity index (χ1) is 9.63. The molecule has 2 aromatic rings. The van der Waals surface area contributed by atoms with Gasteiger partial charge >= 0.3 is 0 Å². The fourth-order valence-electron chi connectivity index (χ4n) is 1.84. The molecule has 1 N–H and O–H groups in total. The van der Waals surface area contributed by atoms with Crippen molar-refractivity contribution in [2.24, 2.45) is 7.05 Å². The van der Waals surface area contributed by atoms with Crippen LogP contribution in [0, 0.1) is 0 Å². The quantitative estimate of drug-likeness (QED) is 0.878. The second-order valence-corrected chi connectivity index (χ2v) is 5.07. The van der Waals surface area contributed by atoms with Gasteiger partial charge in [-0.3, -0.25) is 9.78 Å². The summed E-state index contributed by atoms with van der Waals surface area (Å²) in [7, 11) is 1.59. The van der Waals surface area contributed by atoms with E-state index in [1.54, 1.807) is 25.6 Å². The number of hydrogen-bond acceptors (Lipinski definition) is 5. The highest BCUT2D eigenvalue weighted by Gasteiger charge is 2.14. The molecular weight excluding hydrogens is 324 g/mol. The first-order valence-electron chi connectivity index (χ1n) is 6.10. The van der Waals surface area contributed by atoms with Crippen LogP contribution in [0.2, 0.25) is 0 Å². The summed E-state index contributed by atoms with van der Waals surface area (Å²) in [6.45, 7) is 0.937. The Morgan fingerprint density at radius 3 is 2.90 bits per heavy atom. The van der Waals surface area contributed by atoms with Crippen LogP contribution in [0.3, 0.4) is 0 Å². The van der Waals surface area contributed by atoms with Gasteiger partial charge in [-0.05, 0) is 27.6 Å². The van der Waals surface area contributed by atoms with Crippen molar-refractivity contribution in [3.8, 4) is 0 Å². The van der Waals surface area contributed by atoms with Gasteiger partial charge in [0.25, 0.3) is 5.56 Å². The summed E-state index contributed by atoms with van der Waals surface area (Å²) >= 11 is 3.30. The highest BCUT2D eigenvalue weighted by Crippen LogP contribution is 2.22. The summed E-state index contributed by atoms with van der Waals surface area (Å²) < 4.78 is 1.70. The molecule has 2 heterocycles. The molecule has 0 radical (unpaired) electrons. The van der Waals surface area contributed by atoms with Gasteiger partial charge in [0.05, 0.1) is 18.5 Å². The molecule has 106 valence electrons. The second kappa shape index (κ2) is 6.62. The van der Waals surface area contributed by atoms with Crippen molar-refractivity contribution in [1.29, 1.82) is 0 Å². The van der Waals surface area contributed by atoms with Crippen LogP contribution in [0.4, 0.5) is 5.69 Å². The number of pyridine rings is 1. The Morgan fingerprint density at radius 2 is 2.25 bits per heavy atom. The summed E-state index contributed by atoms with van der Waals surface area (Å²) in [5.74, 6) is 0. The molecule has 20 heavy (non-hydrogen) atoms. The zero-order valence-electron chi connectivity index (χ0n) is 11.0. The predicted octanol–water partition coefficient (Wildman–Crippen LogP) is 0.937. The van der Waals surface area contributed by atoms with Gasteiger partial charge in [0.15, 0.2) is 0 Å². The van der Waals surface area contributed by atoms with E-state index in [0.717, 1.165) is 5.56 Å². The van der Waals surface area contributed by atoms with Crippen molar-refractivity contribution in [2.45, 2.75) is 6.54 Å². The molecule has 2 aromatic heterocycles. The summed E-state index contributed by atoms with van der Waals surface area (Å²) in [6.07, 6.45) is 5.07. The second-order valence-electron chi connectivity index (χ2n) is 4.28. The molecular formula is C13H15BrN4O2. The van der Waals surface area contributed by atoms with Crippen molar-refractivity contribution >= 4 is 21.6 Å². The number of anilines is 1. The third kappa shape index (κ3) is 3.23. The van der Waals surface area contributed by atoms with Crippen molar-refractivity contribution in [3.63, 3.8) is 0 Å². The minimum atomic E-state index is -0.211. The Balaban J connectivity index is 2.34. The highest BCUT2D eigenvalue weighted by atomic mass is 79.9. The molecule has 0 amide bonds. The highest BCUT2D eigenvalue weighted by molar-refractivity contribution is 9.10. The van der Waals surface area contributed by atoms with E-state index in [1.807, 2.05) is 17.0 Å². The van der Waals surface area contributed by atoms with Crippen LogP contribution >= 0.6 is 15.9 Å². The Labute approximate surface area is 124 Å². The normalized spacial score (nSPS) is 10.6. The van der Waals surface area contributed by atoms with Crippen LogP contribution in [-0.4, -0.2) is 33.0 Å². The predicted molar refractivity (Wildman–Crippen MR) is 79.6 cm³/mol. The third-order valence-corrected chi connectivity index (χ3v) is 3.61. The van der Waals surface area contributed by atoms with Gasteiger partial charge < -0.3 is 10.0 Å². The molecule has 0 saturated heterocycles. The van der Waals surface area contributed by atoms with E-state index in [1.165, 1.54) is 4.68 Å². The Kier molecular flexibility index (Phi) is 4.86. The lowest BCUT2D eigenvalue weighted by Crippen LogP contribution is -2.30. The molecule has 0 bridgehead atoms. The Morgan fingerprint density at radius 1 is 1.45 bits per heavy atom. The molecule has 0 aliphatic heterocycles. The topological polar surface area (TPSA) is 71.2 Å². The number of aromatic nitrogens is 3. The fraction of sp³-hybridized carbons (Fsp3) is 0.308. The SMILES string of the molecule is Cn1ncc(N(CCO)Cc2cccnc2)c(Br)c1=O. The minimum absolute atomic E-state index is 0.0120. The largest absolute Gasteiger partial charge is 0.395 e. The van der Waals surface area contributed by atoms with Crippen molar-refractivity contribution in [2.75, 3.05) is 18.1 Å². The molecule has 0 aromatic carbocycles. The first-order valence-corrected chi connectivity index (χ1v) is 6.89. The summed E-state index contributed by atoms with van der Waals surface area (Å²) in [5, 5.41) is 13.2. The zero-order valence-corrected chi connectivity index (χ0v) is 12.6. The number of hydrogen-bond donors (Lipinski definition) is 1. The molecule has 0 unspecified atom stereocenters. The smallest absolute Gasteiger partial charge is 0.282 e. The number of aryl methyl sites for hydroxylation is 1. The van der Waals surface area contributed by atoms with Crippen LogP contribution in [0.5, 0.6) is 0 Å². The third-order valence-electron chi connectivity index (χ3n) is 2.87. The van der Waals surface area contributed by atoms with E-state index in [0.29, 0.717) is 23.2 Å². The van der Waals surface area contributed by atoms with Gasteiger partial charge in [-0.15, -0.1) is 0 Å². The van der Waals surface area contributed by atoms with Crippen LogP contribution < -0.4 is 10.5 Å². The number of nitrogens with zero attached hydrogens (tertiary/aromatic N) is 4. The monoisotopic (exact) mass is 338 g/mol. The number of aliphatic hydroxyl groups excluding tert-OH is 1. The van der Waals surface area contributed by atoms with Crippen molar-refractivity contribution < 1.29 is 5.11 Å². The molecule has 2 rings (SSSR count). The van der Waals surface area contributed by atoms with Gasteiger partial charge in [-0.25, -0.2) is 4.68 Å². The lowest BCUT2D eigenvalue weighted by molar-refractivity contribution is 0.301. The van der Waals surface area contributed by atoms with Gasteiger partial charge in [-0.1, -0.05) is 6.07 Å². The average molecular weight is 339 g/mol. The summed E-state index contributed by atoms with van der Waals surface area (Å²) in [4.78, 5) is 17.9. The molecule has 0 spiro atoms. The summed E-state index contributed by atoms with van der Waals surface area (Å²) in [6, 6.07) is 3.80. The number of aliphatic hydroxyl groups is 1. The first kappa shape index (κ1) is 14.7. The van der Waals surface area contributed by atoms with Gasteiger partial charge in [0, 0.05) is 32.5 Å². The molecule has 6 nitrogen and oxygen atoms in total. The lowest BCUT2D eigenvalue weighted by atomic mass is 10.2. The fourth-order valence-corrected chi connectivity index (χ4v) is 2.45. The van der Waals surface area contributed by atoms with Crippen LogP contribution in [-0.2, 0) is 13.6 Å². The minimum Gasteiger partial charge on any atom is -0.395 e. The number of rotatable bonds is 5. The van der Waals surface area contributed by atoms with Crippen LogP contribution in [0.15, 0.2) is 40.0 Å². The molecule has 0 saturated carbocycles. The number of halogens is 1. The standard InChI is InChI=1S/C13H15BrN4O2/c1-17-13(20)12(14)11(8-16-17)18(5-6-19)9-10-3-2-4-15-7-10/h2-4,7-8,19H,5-6,9H2,1H3. The summed E-state index contributed by atoms with van der Waals surface area (Å²) in [5.41, 5.74) is 1.44.